The van der Waals surface area contributed by atoms with E-state index in [9.17, 15) is 9.59 Å². The molecule has 1 aromatic rings. The quantitative estimate of drug-likeness (QED) is 0.575. The van der Waals surface area contributed by atoms with Crippen LogP contribution in [0.15, 0.2) is 24.5 Å². The molecule has 2 heterocycles. The van der Waals surface area contributed by atoms with E-state index in [1.807, 2.05) is 12.1 Å². The van der Waals surface area contributed by atoms with Crippen LogP contribution in [0.1, 0.15) is 5.56 Å². The highest BCUT2D eigenvalue weighted by Gasteiger charge is 2.55. The number of amides is 1. The van der Waals surface area contributed by atoms with Gasteiger partial charge in [0.05, 0.1) is 20.3 Å². The Morgan fingerprint density at radius 2 is 2.05 bits per heavy atom. The van der Waals surface area contributed by atoms with Gasteiger partial charge in [-0.3, -0.25) is 14.6 Å². The molecule has 1 aliphatic rings. The molecule has 0 bridgehead atoms. The van der Waals surface area contributed by atoms with Gasteiger partial charge in [-0.15, -0.1) is 0 Å². The van der Waals surface area contributed by atoms with Crippen LogP contribution < -0.4 is 0 Å². The lowest BCUT2D eigenvalue weighted by molar-refractivity contribution is -0.193. The summed E-state index contributed by atoms with van der Waals surface area (Å²) in [6.07, 6.45) is 3.33. The third-order valence-corrected chi connectivity index (χ3v) is 3.20. The topological polar surface area (TPSA) is 68.7 Å². The van der Waals surface area contributed by atoms with Gasteiger partial charge in [0.15, 0.2) is 5.41 Å². The molecule has 1 fully saturated rings. The first-order valence-electron chi connectivity index (χ1n) is 5.91. The number of carbonyl (C=O) groups is 2. The average Bonchev–Trinajstić information content (AvgIpc) is 2.38. The Kier molecular flexibility index (Phi) is 3.80. The van der Waals surface area contributed by atoms with Gasteiger partial charge >= 0.3 is 5.97 Å². The molecule has 0 radical (unpaired) electrons. The molecule has 1 aromatic heterocycles. The fourth-order valence-corrected chi connectivity index (χ4v) is 2.03. The Morgan fingerprint density at radius 1 is 1.42 bits per heavy atom. The third-order valence-electron chi connectivity index (χ3n) is 3.20. The van der Waals surface area contributed by atoms with E-state index in [4.69, 9.17) is 9.47 Å². The maximum absolute atomic E-state index is 12.4. The zero-order valence-electron chi connectivity index (χ0n) is 11.0. The van der Waals surface area contributed by atoms with Gasteiger partial charge in [-0.05, 0) is 17.7 Å². The Bertz CT molecular complexity index is 471. The van der Waals surface area contributed by atoms with Crippen molar-refractivity contribution in [3.63, 3.8) is 0 Å². The van der Waals surface area contributed by atoms with E-state index < -0.39 is 11.4 Å². The van der Waals surface area contributed by atoms with E-state index in [1.54, 1.807) is 19.4 Å². The molecule has 0 aliphatic carbocycles. The van der Waals surface area contributed by atoms with Crippen LogP contribution in [0.3, 0.4) is 0 Å². The van der Waals surface area contributed by atoms with E-state index in [1.165, 1.54) is 12.0 Å². The fourth-order valence-electron chi connectivity index (χ4n) is 2.03. The minimum Gasteiger partial charge on any atom is -0.468 e. The monoisotopic (exact) mass is 264 g/mol. The molecule has 0 spiro atoms. The highest BCUT2D eigenvalue weighted by Crippen LogP contribution is 2.31. The zero-order chi connectivity index (χ0) is 13.9. The van der Waals surface area contributed by atoms with Crippen molar-refractivity contribution in [1.29, 1.82) is 0 Å². The summed E-state index contributed by atoms with van der Waals surface area (Å²) in [5.74, 6) is -0.812. The smallest absolute Gasteiger partial charge is 0.326 e. The minimum absolute atomic E-state index is 0.0825. The maximum Gasteiger partial charge on any atom is 0.326 e. The highest BCUT2D eigenvalue weighted by atomic mass is 16.5. The van der Waals surface area contributed by atoms with Crippen molar-refractivity contribution in [3.8, 4) is 0 Å². The van der Waals surface area contributed by atoms with Crippen molar-refractivity contribution in [2.24, 2.45) is 5.41 Å². The molecule has 1 amide bonds. The number of rotatable bonds is 4. The van der Waals surface area contributed by atoms with Crippen molar-refractivity contribution in [2.45, 2.75) is 6.54 Å². The van der Waals surface area contributed by atoms with E-state index >= 15 is 0 Å². The fraction of sp³-hybridized carbons (Fsp3) is 0.462. The molecule has 1 aliphatic heterocycles. The third kappa shape index (κ3) is 2.44. The predicted octanol–water partition coefficient (Wildman–Crippen LogP) is 0.230. The number of pyridine rings is 1. The average molecular weight is 264 g/mol. The number of esters is 1. The molecule has 0 saturated carbocycles. The lowest BCUT2D eigenvalue weighted by atomic mass is 9.84. The van der Waals surface area contributed by atoms with Crippen LogP contribution in [0.2, 0.25) is 0 Å². The van der Waals surface area contributed by atoms with E-state index in [0.29, 0.717) is 6.54 Å². The molecule has 19 heavy (non-hydrogen) atoms. The Hall–Kier alpha value is -1.95. The number of ether oxygens (including phenoxy) is 2. The molecule has 6 heteroatoms. The molecule has 6 nitrogen and oxygen atoms in total. The summed E-state index contributed by atoms with van der Waals surface area (Å²) in [5.41, 5.74) is -0.220. The van der Waals surface area contributed by atoms with Gasteiger partial charge < -0.3 is 14.4 Å². The molecule has 0 N–H and O–H groups in total. The Balaban J connectivity index is 2.08. The standard InChI is InChI=1S/C13H16N2O4/c1-15(7-10-3-5-14-6-4-10)11(16)13(8-19-9-13)12(17)18-2/h3-6H,7-9H2,1-2H3. The molecule has 1 saturated heterocycles. The molecule has 102 valence electrons. The molecule has 2 rings (SSSR count). The van der Waals surface area contributed by atoms with Crippen LogP contribution in [0.4, 0.5) is 0 Å². The van der Waals surface area contributed by atoms with Crippen LogP contribution in [-0.2, 0) is 25.6 Å². The Morgan fingerprint density at radius 3 is 2.53 bits per heavy atom. The summed E-state index contributed by atoms with van der Waals surface area (Å²) >= 11 is 0. The van der Waals surface area contributed by atoms with Crippen LogP contribution in [0.5, 0.6) is 0 Å². The highest BCUT2D eigenvalue weighted by molar-refractivity contribution is 6.03. The van der Waals surface area contributed by atoms with Crippen LogP contribution in [0.25, 0.3) is 0 Å². The van der Waals surface area contributed by atoms with Crippen molar-refractivity contribution >= 4 is 11.9 Å². The molecule has 0 atom stereocenters. The number of aromatic nitrogens is 1. The predicted molar refractivity (Wildman–Crippen MR) is 66.0 cm³/mol. The first-order valence-corrected chi connectivity index (χ1v) is 5.91. The summed E-state index contributed by atoms with van der Waals surface area (Å²) in [4.78, 5) is 29.6. The largest absolute Gasteiger partial charge is 0.468 e. The van der Waals surface area contributed by atoms with Gasteiger partial charge in [0.25, 0.3) is 0 Å². The first-order chi connectivity index (χ1) is 9.10. The Labute approximate surface area is 111 Å². The summed E-state index contributed by atoms with van der Waals surface area (Å²) in [5, 5.41) is 0. The van der Waals surface area contributed by atoms with Gasteiger partial charge in [0.1, 0.15) is 0 Å². The van der Waals surface area contributed by atoms with E-state index in [2.05, 4.69) is 4.98 Å². The SMILES string of the molecule is COC(=O)C1(C(=O)N(C)Cc2ccncc2)COC1. The van der Waals surface area contributed by atoms with Gasteiger partial charge in [-0.1, -0.05) is 0 Å². The zero-order valence-corrected chi connectivity index (χ0v) is 11.0. The molecular formula is C13H16N2O4. The van der Waals surface area contributed by atoms with Crippen LogP contribution in [0, 0.1) is 5.41 Å². The molecular weight excluding hydrogens is 248 g/mol. The van der Waals surface area contributed by atoms with Crippen LogP contribution >= 0.6 is 0 Å². The number of nitrogens with zero attached hydrogens (tertiary/aromatic N) is 2. The summed E-state index contributed by atoms with van der Waals surface area (Å²) < 4.78 is 9.73. The second kappa shape index (κ2) is 5.36. The van der Waals surface area contributed by atoms with Crippen molar-refractivity contribution < 1.29 is 19.1 Å². The van der Waals surface area contributed by atoms with E-state index in [0.717, 1.165) is 5.56 Å². The summed E-state index contributed by atoms with van der Waals surface area (Å²) in [7, 11) is 2.93. The van der Waals surface area contributed by atoms with Crippen molar-refractivity contribution in [2.75, 3.05) is 27.4 Å². The van der Waals surface area contributed by atoms with Gasteiger partial charge in [0, 0.05) is 26.0 Å². The molecule has 0 aromatic carbocycles. The van der Waals surface area contributed by atoms with Gasteiger partial charge in [-0.2, -0.15) is 0 Å². The molecule has 0 unspecified atom stereocenters. The lowest BCUT2D eigenvalue weighted by Crippen LogP contribution is -2.59. The summed E-state index contributed by atoms with van der Waals surface area (Å²) in [6.45, 7) is 0.582. The van der Waals surface area contributed by atoms with Gasteiger partial charge in [0.2, 0.25) is 5.91 Å². The normalized spacial score (nSPS) is 16.3. The van der Waals surface area contributed by atoms with Crippen molar-refractivity contribution in [3.05, 3.63) is 30.1 Å². The minimum atomic E-state index is -1.17. The van der Waals surface area contributed by atoms with E-state index in [-0.39, 0.29) is 19.1 Å². The number of carbonyl (C=O) groups excluding carboxylic acids is 2. The first kappa shape index (κ1) is 13.5. The number of hydrogen-bond donors (Lipinski definition) is 0. The van der Waals surface area contributed by atoms with Gasteiger partial charge in [-0.25, -0.2) is 0 Å². The number of hydrogen-bond acceptors (Lipinski definition) is 5. The maximum atomic E-state index is 12.4. The number of methoxy groups -OCH3 is 1. The second-order valence-corrected chi connectivity index (χ2v) is 4.58. The lowest BCUT2D eigenvalue weighted by Gasteiger charge is -2.39. The van der Waals surface area contributed by atoms with Crippen molar-refractivity contribution in [1.82, 2.24) is 9.88 Å². The van der Waals surface area contributed by atoms with Crippen LogP contribution in [-0.4, -0.2) is 49.1 Å². The summed E-state index contributed by atoms with van der Waals surface area (Å²) in [6, 6.07) is 3.65. The second-order valence-electron chi connectivity index (χ2n) is 4.58.